The van der Waals surface area contributed by atoms with Crippen molar-refractivity contribution in [1.82, 2.24) is 20.3 Å². The Balaban J connectivity index is 1.65. The van der Waals surface area contributed by atoms with Gasteiger partial charge in [0.05, 0.1) is 42.1 Å². The Kier molecular flexibility index (Phi) is 7.52. The van der Waals surface area contributed by atoms with Crippen molar-refractivity contribution in [1.29, 1.82) is 0 Å². The molecular formula is C31H23F4N5O4S. The van der Waals surface area contributed by atoms with Gasteiger partial charge in [0.1, 0.15) is 28.5 Å². The highest BCUT2D eigenvalue weighted by Gasteiger charge is 2.29. The molecular weight excluding hydrogens is 614 g/mol. The van der Waals surface area contributed by atoms with E-state index in [0.29, 0.717) is 20.8 Å². The smallest absolute Gasteiger partial charge is 0.257 e. The molecule has 0 radical (unpaired) electrons. The van der Waals surface area contributed by atoms with Crippen molar-refractivity contribution in [3.63, 3.8) is 0 Å². The van der Waals surface area contributed by atoms with E-state index in [2.05, 4.69) is 20.3 Å². The Hall–Kier alpha value is -5.24. The summed E-state index contributed by atoms with van der Waals surface area (Å²) in [6, 6.07) is 14.4. The van der Waals surface area contributed by atoms with Crippen molar-refractivity contribution in [3.05, 3.63) is 90.3 Å². The first kappa shape index (κ1) is 29.8. The van der Waals surface area contributed by atoms with E-state index in [-0.39, 0.29) is 50.6 Å². The Bertz CT molecular complexity index is 2200. The van der Waals surface area contributed by atoms with Gasteiger partial charge in [-0.1, -0.05) is 12.1 Å². The van der Waals surface area contributed by atoms with Crippen LogP contribution in [0.3, 0.4) is 0 Å². The molecule has 2 N–H and O–H groups in total. The van der Waals surface area contributed by atoms with E-state index in [1.54, 1.807) is 24.3 Å². The SMILES string of the molecule is CNC(=O)c1c(-c2ccc(F)cc2)oc2cc(N(CC(F)F)S(C)(=O)=O)c(-c3cncc(-c4[nH]c5ccccc5c4F)n3)cc12. The first-order valence-corrected chi connectivity index (χ1v) is 15.2. The van der Waals surface area contributed by atoms with E-state index in [1.165, 1.54) is 55.8 Å². The summed E-state index contributed by atoms with van der Waals surface area (Å²) in [4.78, 5) is 24.8. The molecule has 14 heteroatoms. The summed E-state index contributed by atoms with van der Waals surface area (Å²) in [5.74, 6) is -1.67. The summed E-state index contributed by atoms with van der Waals surface area (Å²) in [5, 5.41) is 3.02. The number of nitrogens with one attached hydrogen (secondary N) is 2. The molecule has 3 aromatic carbocycles. The summed E-state index contributed by atoms with van der Waals surface area (Å²) in [5.41, 5.74) is 0.661. The number of anilines is 1. The van der Waals surface area contributed by atoms with E-state index >= 15 is 4.39 Å². The minimum absolute atomic E-state index is 0.00207. The Morgan fingerprint density at radius 3 is 2.40 bits per heavy atom. The molecule has 45 heavy (non-hydrogen) atoms. The number of carbonyl (C=O) groups is 1. The van der Waals surface area contributed by atoms with Crippen LogP contribution in [0.2, 0.25) is 0 Å². The molecule has 9 nitrogen and oxygen atoms in total. The maximum absolute atomic E-state index is 15.4. The number of carbonyl (C=O) groups excluding carboxylic acids is 1. The lowest BCUT2D eigenvalue weighted by Gasteiger charge is -2.24. The number of furan rings is 1. The predicted octanol–water partition coefficient (Wildman–Crippen LogP) is 6.37. The molecule has 6 rings (SSSR count). The number of hydrogen-bond donors (Lipinski definition) is 2. The van der Waals surface area contributed by atoms with Crippen LogP contribution in [0.1, 0.15) is 10.4 Å². The molecule has 0 spiro atoms. The number of aromatic amines is 1. The average molecular weight is 638 g/mol. The summed E-state index contributed by atoms with van der Waals surface area (Å²) in [7, 11) is -2.91. The van der Waals surface area contributed by atoms with E-state index in [0.717, 1.165) is 6.26 Å². The number of fused-ring (bicyclic) bond motifs is 2. The maximum Gasteiger partial charge on any atom is 0.257 e. The predicted molar refractivity (Wildman–Crippen MR) is 161 cm³/mol. The monoisotopic (exact) mass is 637 g/mol. The lowest BCUT2D eigenvalue weighted by Crippen LogP contribution is -2.34. The number of benzene rings is 3. The van der Waals surface area contributed by atoms with Crippen LogP contribution in [0.4, 0.5) is 23.2 Å². The Morgan fingerprint density at radius 2 is 1.73 bits per heavy atom. The molecule has 3 heterocycles. The number of rotatable bonds is 8. The third kappa shape index (κ3) is 5.48. The number of nitrogens with zero attached hydrogens (tertiary/aromatic N) is 3. The molecule has 230 valence electrons. The number of amides is 1. The van der Waals surface area contributed by atoms with Gasteiger partial charge in [0.25, 0.3) is 12.3 Å². The minimum atomic E-state index is -4.30. The van der Waals surface area contributed by atoms with Crippen molar-refractivity contribution in [2.75, 3.05) is 24.2 Å². The summed E-state index contributed by atoms with van der Waals surface area (Å²) in [6.07, 6.45) is 0.267. The fourth-order valence-electron chi connectivity index (χ4n) is 5.14. The van der Waals surface area contributed by atoms with Crippen LogP contribution in [0.15, 0.2) is 77.5 Å². The van der Waals surface area contributed by atoms with Crippen LogP contribution in [-0.2, 0) is 10.0 Å². The Labute approximate surface area is 253 Å². The molecule has 6 aromatic rings. The average Bonchev–Trinajstić information content (AvgIpc) is 3.56. The normalized spacial score (nSPS) is 11.9. The van der Waals surface area contributed by atoms with Gasteiger partial charge in [0.2, 0.25) is 10.0 Å². The number of alkyl halides is 2. The van der Waals surface area contributed by atoms with Gasteiger partial charge in [-0.2, -0.15) is 0 Å². The van der Waals surface area contributed by atoms with Gasteiger partial charge >= 0.3 is 0 Å². The largest absolute Gasteiger partial charge is 0.455 e. The summed E-state index contributed by atoms with van der Waals surface area (Å²) >= 11 is 0. The highest BCUT2D eigenvalue weighted by molar-refractivity contribution is 7.92. The van der Waals surface area contributed by atoms with Gasteiger partial charge in [-0.05, 0) is 42.5 Å². The zero-order valence-electron chi connectivity index (χ0n) is 23.6. The third-order valence-corrected chi connectivity index (χ3v) is 8.30. The first-order valence-electron chi connectivity index (χ1n) is 13.4. The van der Waals surface area contributed by atoms with Gasteiger partial charge in [0, 0.05) is 40.5 Å². The number of sulfonamides is 1. The number of para-hydroxylation sites is 1. The van der Waals surface area contributed by atoms with Crippen LogP contribution >= 0.6 is 0 Å². The molecule has 0 saturated carbocycles. The van der Waals surface area contributed by atoms with E-state index in [9.17, 15) is 26.4 Å². The molecule has 0 unspecified atom stereocenters. The second kappa shape index (κ2) is 11.4. The lowest BCUT2D eigenvalue weighted by atomic mass is 10.0. The van der Waals surface area contributed by atoms with Gasteiger partial charge in [-0.15, -0.1) is 0 Å². The fraction of sp³-hybridized carbons (Fsp3) is 0.129. The second-order valence-corrected chi connectivity index (χ2v) is 12.0. The first-order chi connectivity index (χ1) is 21.5. The zero-order valence-corrected chi connectivity index (χ0v) is 24.4. The molecule has 1 amide bonds. The standard InChI is InChI=1S/C31H23F4N5O4S/c1-36-31(41)27-20-11-19(22-13-37-14-23(38-22)29-28(35)18-5-3-4-6-21(18)39-29)24(40(15-26(33)34)45(2,42)43)12-25(20)44-30(27)16-7-9-17(32)10-8-16/h3-14,26,39H,15H2,1-2H3,(H,36,41). The molecule has 0 bridgehead atoms. The molecule has 0 fully saturated rings. The van der Waals surface area contributed by atoms with Crippen molar-refractivity contribution >= 4 is 43.5 Å². The summed E-state index contributed by atoms with van der Waals surface area (Å²) in [6.45, 7) is -1.20. The molecule has 0 aliphatic heterocycles. The Morgan fingerprint density at radius 1 is 1.02 bits per heavy atom. The molecule has 3 aromatic heterocycles. The van der Waals surface area contributed by atoms with Crippen LogP contribution in [0.5, 0.6) is 0 Å². The highest BCUT2D eigenvalue weighted by Crippen LogP contribution is 2.42. The van der Waals surface area contributed by atoms with Gasteiger partial charge in [-0.3, -0.25) is 14.1 Å². The van der Waals surface area contributed by atoms with E-state index < -0.39 is 40.5 Å². The number of halogens is 4. The highest BCUT2D eigenvalue weighted by atomic mass is 32.2. The summed E-state index contributed by atoms with van der Waals surface area (Å²) < 4.78 is 88.9. The number of aromatic nitrogens is 3. The van der Waals surface area contributed by atoms with E-state index in [1.807, 2.05) is 0 Å². The number of H-pyrrole nitrogens is 1. The van der Waals surface area contributed by atoms with Gasteiger partial charge < -0.3 is 14.7 Å². The zero-order chi connectivity index (χ0) is 32.0. The van der Waals surface area contributed by atoms with Crippen LogP contribution < -0.4 is 9.62 Å². The van der Waals surface area contributed by atoms with Crippen molar-refractivity contribution in [2.24, 2.45) is 0 Å². The molecule has 0 saturated heterocycles. The molecule has 0 aliphatic rings. The van der Waals surface area contributed by atoms with Crippen molar-refractivity contribution in [2.45, 2.75) is 6.43 Å². The molecule has 0 atom stereocenters. The number of hydrogen-bond acceptors (Lipinski definition) is 6. The van der Waals surface area contributed by atoms with E-state index in [4.69, 9.17) is 4.42 Å². The lowest BCUT2D eigenvalue weighted by molar-refractivity contribution is 0.0964. The minimum Gasteiger partial charge on any atom is -0.455 e. The van der Waals surface area contributed by atoms with Crippen LogP contribution in [0, 0.1) is 11.6 Å². The second-order valence-electron chi connectivity index (χ2n) is 10.1. The van der Waals surface area contributed by atoms with Gasteiger partial charge in [-0.25, -0.2) is 31.0 Å². The molecule has 0 aliphatic carbocycles. The van der Waals surface area contributed by atoms with Gasteiger partial charge in [0.15, 0.2) is 5.82 Å². The third-order valence-electron chi connectivity index (χ3n) is 7.15. The van der Waals surface area contributed by atoms with Crippen molar-refractivity contribution < 1.29 is 35.2 Å². The fourth-order valence-corrected chi connectivity index (χ4v) is 6.03. The van der Waals surface area contributed by atoms with Crippen molar-refractivity contribution in [3.8, 4) is 34.0 Å². The quantitative estimate of drug-likeness (QED) is 0.187. The topological polar surface area (TPSA) is 121 Å². The van der Waals surface area contributed by atoms with Crippen LogP contribution in [-0.4, -0.2) is 55.6 Å². The van der Waals surface area contributed by atoms with Crippen LogP contribution in [0.25, 0.3) is 55.8 Å². The maximum atomic E-state index is 15.4.